The number of hydrogen-bond donors (Lipinski definition) is 1. The molecule has 2 saturated heterocycles. The van der Waals surface area contributed by atoms with Crippen molar-refractivity contribution in [1.82, 2.24) is 20.0 Å². The van der Waals surface area contributed by atoms with Gasteiger partial charge >= 0.3 is 6.03 Å². The second-order valence-corrected chi connectivity index (χ2v) is 9.23. The van der Waals surface area contributed by atoms with Crippen molar-refractivity contribution in [3.8, 4) is 5.75 Å². The van der Waals surface area contributed by atoms with E-state index in [1.807, 2.05) is 48.5 Å². The summed E-state index contributed by atoms with van der Waals surface area (Å²) in [6.45, 7) is 3.80. The minimum absolute atomic E-state index is 0.183. The Morgan fingerprint density at radius 3 is 2.41 bits per heavy atom. The van der Waals surface area contributed by atoms with Gasteiger partial charge < -0.3 is 15.0 Å². The van der Waals surface area contributed by atoms with Gasteiger partial charge in [0, 0.05) is 39.1 Å². The quantitative estimate of drug-likeness (QED) is 0.661. The number of hydrogen-bond acceptors (Lipinski definition) is 5. The van der Waals surface area contributed by atoms with Crippen molar-refractivity contribution in [1.29, 1.82) is 0 Å². The van der Waals surface area contributed by atoms with Crippen molar-refractivity contribution in [2.24, 2.45) is 0 Å². The van der Waals surface area contributed by atoms with Crippen LogP contribution in [0.15, 0.2) is 54.6 Å². The van der Waals surface area contributed by atoms with Gasteiger partial charge in [0.2, 0.25) is 5.91 Å². The van der Waals surface area contributed by atoms with Crippen LogP contribution in [0.1, 0.15) is 17.5 Å². The zero-order chi connectivity index (χ0) is 23.5. The van der Waals surface area contributed by atoms with Crippen LogP contribution in [0.25, 0.3) is 0 Å². The Hall–Kier alpha value is -3.39. The van der Waals surface area contributed by atoms with E-state index in [0.29, 0.717) is 32.5 Å². The molecule has 0 saturated carbocycles. The number of ether oxygens (including phenoxy) is 1. The molecule has 5 rings (SSSR count). The molecule has 4 amide bonds. The van der Waals surface area contributed by atoms with Crippen molar-refractivity contribution >= 4 is 17.8 Å². The van der Waals surface area contributed by atoms with Gasteiger partial charge in [0.05, 0.1) is 0 Å². The maximum absolute atomic E-state index is 13.3. The zero-order valence-electron chi connectivity index (χ0n) is 19.2. The molecule has 2 heterocycles. The molecule has 178 valence electrons. The van der Waals surface area contributed by atoms with Gasteiger partial charge in [-0.05, 0) is 36.1 Å². The number of aryl methyl sites for hydroxylation is 1. The molecule has 2 fully saturated rings. The smallest absolute Gasteiger partial charge is 0.325 e. The first-order chi connectivity index (χ1) is 16.5. The van der Waals surface area contributed by atoms with Crippen LogP contribution in [0.5, 0.6) is 5.75 Å². The zero-order valence-corrected chi connectivity index (χ0v) is 19.2. The van der Waals surface area contributed by atoms with Gasteiger partial charge in [0.25, 0.3) is 5.91 Å². The molecule has 1 atom stereocenters. The number of benzene rings is 2. The molecule has 2 aliphatic heterocycles. The molecule has 0 radical (unpaired) electrons. The lowest BCUT2D eigenvalue weighted by atomic mass is 9.78. The SMILES string of the molecule is O=C(CN1C(=O)NC2(CCc3ccccc3C2)C1=O)N1CCN(CCOc2ccccc2)CC1. The molecule has 2 aromatic carbocycles. The maximum atomic E-state index is 13.3. The Balaban J connectivity index is 1.11. The van der Waals surface area contributed by atoms with Crippen molar-refractivity contribution in [3.05, 3.63) is 65.7 Å². The third-order valence-electron chi connectivity index (χ3n) is 7.12. The molecule has 0 aromatic heterocycles. The number of amides is 4. The first-order valence-electron chi connectivity index (χ1n) is 11.9. The van der Waals surface area contributed by atoms with Gasteiger partial charge in [-0.1, -0.05) is 42.5 Å². The minimum Gasteiger partial charge on any atom is -0.492 e. The predicted octanol–water partition coefficient (Wildman–Crippen LogP) is 1.69. The average molecular weight is 463 g/mol. The lowest BCUT2D eigenvalue weighted by Crippen LogP contribution is -2.53. The third-order valence-corrected chi connectivity index (χ3v) is 7.12. The van der Waals surface area contributed by atoms with E-state index in [0.717, 1.165) is 42.3 Å². The molecule has 3 aliphatic rings. The molecular weight excluding hydrogens is 432 g/mol. The highest BCUT2D eigenvalue weighted by atomic mass is 16.5. The number of rotatable bonds is 6. The van der Waals surface area contributed by atoms with Crippen molar-refractivity contribution in [2.45, 2.75) is 24.8 Å². The summed E-state index contributed by atoms with van der Waals surface area (Å²) in [4.78, 5) is 44.0. The fourth-order valence-electron chi connectivity index (χ4n) is 5.11. The first-order valence-corrected chi connectivity index (χ1v) is 11.9. The van der Waals surface area contributed by atoms with E-state index in [2.05, 4.69) is 16.3 Å². The topological polar surface area (TPSA) is 82.2 Å². The van der Waals surface area contributed by atoms with Gasteiger partial charge in [-0.3, -0.25) is 19.4 Å². The van der Waals surface area contributed by atoms with E-state index in [1.54, 1.807) is 4.90 Å². The molecule has 1 unspecified atom stereocenters. The number of piperazine rings is 1. The van der Waals surface area contributed by atoms with Crippen LogP contribution >= 0.6 is 0 Å². The molecular formula is C26H30N4O4. The number of nitrogens with one attached hydrogen (secondary N) is 1. The van der Waals surface area contributed by atoms with Gasteiger partial charge in [0.1, 0.15) is 24.4 Å². The Kier molecular flexibility index (Phi) is 6.24. The summed E-state index contributed by atoms with van der Waals surface area (Å²) in [5.41, 5.74) is 1.38. The van der Waals surface area contributed by atoms with Crippen molar-refractivity contribution < 1.29 is 19.1 Å². The van der Waals surface area contributed by atoms with Crippen molar-refractivity contribution in [3.63, 3.8) is 0 Å². The summed E-state index contributed by atoms with van der Waals surface area (Å²) in [5.74, 6) is 0.387. The molecule has 1 spiro atoms. The molecule has 0 bridgehead atoms. The maximum Gasteiger partial charge on any atom is 0.325 e. The summed E-state index contributed by atoms with van der Waals surface area (Å²) in [5, 5.41) is 2.91. The van der Waals surface area contributed by atoms with Crippen molar-refractivity contribution in [2.75, 3.05) is 45.9 Å². The largest absolute Gasteiger partial charge is 0.492 e. The summed E-state index contributed by atoms with van der Waals surface area (Å²) in [6, 6.07) is 17.3. The van der Waals surface area contributed by atoms with Crippen LogP contribution in [0, 0.1) is 0 Å². The highest BCUT2D eigenvalue weighted by molar-refractivity contribution is 6.09. The number of para-hydroxylation sites is 1. The van der Waals surface area contributed by atoms with Gasteiger partial charge in [-0.2, -0.15) is 0 Å². The molecule has 8 heteroatoms. The van der Waals surface area contributed by atoms with Crippen LogP contribution < -0.4 is 10.1 Å². The number of imide groups is 1. The average Bonchev–Trinajstić information content (AvgIpc) is 3.08. The normalized spacial score (nSPS) is 22.6. The Morgan fingerprint density at radius 1 is 0.941 bits per heavy atom. The second kappa shape index (κ2) is 9.46. The van der Waals surface area contributed by atoms with Gasteiger partial charge in [0.15, 0.2) is 0 Å². The predicted molar refractivity (Wildman–Crippen MR) is 126 cm³/mol. The first kappa shape index (κ1) is 22.4. The van der Waals surface area contributed by atoms with E-state index < -0.39 is 11.6 Å². The number of fused-ring (bicyclic) bond motifs is 1. The lowest BCUT2D eigenvalue weighted by Gasteiger charge is -2.35. The van der Waals surface area contributed by atoms with Gasteiger partial charge in [-0.25, -0.2) is 4.79 Å². The van der Waals surface area contributed by atoms with Crippen LogP contribution in [0.2, 0.25) is 0 Å². The number of nitrogens with zero attached hydrogens (tertiary/aromatic N) is 3. The number of carbonyl (C=O) groups is 3. The van der Waals surface area contributed by atoms with Crippen LogP contribution in [0.3, 0.4) is 0 Å². The fraction of sp³-hybridized carbons (Fsp3) is 0.423. The Bertz CT molecular complexity index is 1070. The lowest BCUT2D eigenvalue weighted by molar-refractivity contribution is -0.140. The van der Waals surface area contributed by atoms with E-state index in [1.165, 1.54) is 5.56 Å². The number of urea groups is 1. The molecule has 34 heavy (non-hydrogen) atoms. The Morgan fingerprint density at radius 2 is 1.65 bits per heavy atom. The standard InChI is InChI=1S/C26H30N4O4/c31-23(29-14-12-28(13-15-29)16-17-34-22-8-2-1-3-9-22)19-30-24(32)26(27-25(30)33)11-10-20-6-4-5-7-21(20)18-26/h1-9H,10-19H2,(H,27,33). The Labute approximate surface area is 199 Å². The fourth-order valence-corrected chi connectivity index (χ4v) is 5.11. The van der Waals surface area contributed by atoms with Gasteiger partial charge in [-0.15, -0.1) is 0 Å². The second-order valence-electron chi connectivity index (χ2n) is 9.23. The van der Waals surface area contributed by atoms with E-state index in [9.17, 15) is 14.4 Å². The van der Waals surface area contributed by atoms with E-state index in [4.69, 9.17) is 4.74 Å². The summed E-state index contributed by atoms with van der Waals surface area (Å²) >= 11 is 0. The van der Waals surface area contributed by atoms with Crippen LogP contribution in [-0.2, 0) is 22.4 Å². The van der Waals surface area contributed by atoms with E-state index in [-0.39, 0.29) is 18.4 Å². The summed E-state index contributed by atoms with van der Waals surface area (Å²) in [7, 11) is 0. The highest BCUT2D eigenvalue weighted by Crippen LogP contribution is 2.33. The van der Waals surface area contributed by atoms with Crippen LogP contribution in [0.4, 0.5) is 4.79 Å². The summed E-state index contributed by atoms with van der Waals surface area (Å²) in [6.07, 6.45) is 1.77. The van der Waals surface area contributed by atoms with E-state index >= 15 is 0 Å². The van der Waals surface area contributed by atoms with Crippen LogP contribution in [-0.4, -0.2) is 84.0 Å². The summed E-state index contributed by atoms with van der Waals surface area (Å²) < 4.78 is 5.76. The molecule has 1 aliphatic carbocycles. The molecule has 2 aromatic rings. The number of carbonyl (C=O) groups excluding carboxylic acids is 3. The third kappa shape index (κ3) is 4.50. The highest BCUT2D eigenvalue weighted by Gasteiger charge is 2.52. The molecule has 8 nitrogen and oxygen atoms in total. The monoisotopic (exact) mass is 462 g/mol. The minimum atomic E-state index is -0.927. The molecule has 1 N–H and O–H groups in total.